The first-order chi connectivity index (χ1) is 14.7. The Bertz CT molecular complexity index is 820. The van der Waals surface area contributed by atoms with Gasteiger partial charge in [-0.1, -0.05) is 18.2 Å². The Morgan fingerprint density at radius 2 is 0.735 bits per heavy atom. The fraction of sp³-hybridized carbons (Fsp3) is 0.562. The standard InChI is InChI=1S/C16H7F18/c1-2-6-7(9(17,18)11(21,22)13(25,26)15(29,30)31)4-3-5-8(6)10(19,20)12(23,24)14(27,28)16(32,33)34/h3-5H,1-2H2. The molecule has 1 radical (unpaired) electrons. The first kappa shape index (κ1) is 30.0. The molecule has 0 heterocycles. The average molecular weight is 541 g/mol. The van der Waals surface area contributed by atoms with Crippen LogP contribution in [0.1, 0.15) is 16.7 Å². The molecule has 0 fully saturated rings. The predicted molar refractivity (Wildman–Crippen MR) is 75.2 cm³/mol. The van der Waals surface area contributed by atoms with Crippen molar-refractivity contribution in [1.29, 1.82) is 0 Å². The van der Waals surface area contributed by atoms with Gasteiger partial charge in [0.1, 0.15) is 0 Å². The summed E-state index contributed by atoms with van der Waals surface area (Å²) < 4.78 is 237. The van der Waals surface area contributed by atoms with Crippen molar-refractivity contribution in [2.45, 2.75) is 54.3 Å². The van der Waals surface area contributed by atoms with Crippen molar-refractivity contribution in [2.75, 3.05) is 0 Å². The quantitative estimate of drug-likeness (QED) is 0.308. The zero-order valence-electron chi connectivity index (χ0n) is 15.4. The molecule has 1 aromatic rings. The summed E-state index contributed by atoms with van der Waals surface area (Å²) in [6.07, 6.45) is -16.6. The summed E-state index contributed by atoms with van der Waals surface area (Å²) in [5, 5.41) is 0. The maximum absolute atomic E-state index is 14.2. The van der Waals surface area contributed by atoms with E-state index >= 15 is 0 Å². The van der Waals surface area contributed by atoms with Crippen LogP contribution in [0.3, 0.4) is 0 Å². The van der Waals surface area contributed by atoms with Crippen LogP contribution in [0.15, 0.2) is 18.2 Å². The van der Waals surface area contributed by atoms with E-state index in [1.165, 1.54) is 0 Å². The van der Waals surface area contributed by atoms with Crippen LogP contribution in [-0.4, -0.2) is 36.0 Å². The monoisotopic (exact) mass is 541 g/mol. The van der Waals surface area contributed by atoms with Crippen molar-refractivity contribution in [3.05, 3.63) is 41.8 Å². The molecule has 1 rings (SSSR count). The maximum atomic E-state index is 14.2. The van der Waals surface area contributed by atoms with E-state index in [4.69, 9.17) is 0 Å². The molecular formula is C16H7F18. The molecule has 0 aliphatic rings. The summed E-state index contributed by atoms with van der Waals surface area (Å²) in [4.78, 5) is 0. The van der Waals surface area contributed by atoms with Gasteiger partial charge in [0.05, 0.1) is 0 Å². The normalized spacial score (nSPS) is 15.6. The molecule has 1 aromatic carbocycles. The molecule has 197 valence electrons. The lowest BCUT2D eigenvalue weighted by atomic mass is 9.85. The largest absolute Gasteiger partial charge is 0.460 e. The summed E-state index contributed by atoms with van der Waals surface area (Å²) in [5.41, 5.74) is -8.27. The van der Waals surface area contributed by atoms with Gasteiger partial charge in [-0.15, -0.1) is 0 Å². The van der Waals surface area contributed by atoms with Gasteiger partial charge in [-0.05, 0) is 18.9 Å². The van der Waals surface area contributed by atoms with Crippen LogP contribution in [0, 0.1) is 6.92 Å². The second-order valence-electron chi connectivity index (χ2n) is 6.52. The Kier molecular flexibility index (Phi) is 7.05. The third kappa shape index (κ3) is 3.93. The summed E-state index contributed by atoms with van der Waals surface area (Å²) >= 11 is 0. The highest BCUT2D eigenvalue weighted by Gasteiger charge is 2.84. The Balaban J connectivity index is 3.93. The minimum Gasteiger partial charge on any atom is -0.194 e. The van der Waals surface area contributed by atoms with E-state index in [-0.39, 0.29) is 6.07 Å². The zero-order chi connectivity index (χ0) is 27.6. The van der Waals surface area contributed by atoms with Gasteiger partial charge < -0.3 is 0 Å². The van der Waals surface area contributed by atoms with E-state index in [2.05, 4.69) is 6.92 Å². The van der Waals surface area contributed by atoms with Crippen LogP contribution in [0.2, 0.25) is 0 Å². The second-order valence-corrected chi connectivity index (χ2v) is 6.52. The number of rotatable bonds is 7. The van der Waals surface area contributed by atoms with Crippen molar-refractivity contribution >= 4 is 0 Å². The molecule has 0 aromatic heterocycles. The molecule has 0 nitrogen and oxygen atoms in total. The molecule has 0 spiro atoms. The van der Waals surface area contributed by atoms with E-state index in [0.29, 0.717) is 0 Å². The van der Waals surface area contributed by atoms with E-state index in [1.54, 1.807) is 0 Å². The van der Waals surface area contributed by atoms with Gasteiger partial charge in [0, 0.05) is 11.1 Å². The number of halogens is 18. The molecule has 18 heteroatoms. The number of hydrogen-bond acceptors (Lipinski definition) is 0. The molecule has 0 saturated heterocycles. The Labute approximate surface area is 176 Å². The highest BCUT2D eigenvalue weighted by atomic mass is 19.4. The molecule has 0 saturated carbocycles. The van der Waals surface area contributed by atoms with E-state index in [1.807, 2.05) is 0 Å². The summed E-state index contributed by atoms with van der Waals surface area (Å²) in [5.74, 6) is -43.7. The Morgan fingerprint density at radius 1 is 0.471 bits per heavy atom. The van der Waals surface area contributed by atoms with Crippen molar-refractivity contribution < 1.29 is 79.0 Å². The summed E-state index contributed by atoms with van der Waals surface area (Å²) in [6.45, 7) is 2.51. The zero-order valence-corrected chi connectivity index (χ0v) is 15.4. The fourth-order valence-corrected chi connectivity index (χ4v) is 2.53. The number of hydrogen-bond donors (Lipinski definition) is 0. The topological polar surface area (TPSA) is 0 Å². The Hall–Kier alpha value is -2.04. The van der Waals surface area contributed by atoms with Gasteiger partial charge in [-0.3, -0.25) is 0 Å². The van der Waals surface area contributed by atoms with Crippen molar-refractivity contribution in [1.82, 2.24) is 0 Å². The third-order valence-electron chi connectivity index (χ3n) is 4.39. The number of benzene rings is 1. The Morgan fingerprint density at radius 3 is 0.941 bits per heavy atom. The van der Waals surface area contributed by atoms with Crippen LogP contribution in [0.4, 0.5) is 79.0 Å². The van der Waals surface area contributed by atoms with Gasteiger partial charge in [0.25, 0.3) is 0 Å². The minimum absolute atomic E-state index is 0.366. The van der Waals surface area contributed by atoms with Crippen molar-refractivity contribution in [3.8, 4) is 0 Å². The smallest absolute Gasteiger partial charge is 0.194 e. The third-order valence-corrected chi connectivity index (χ3v) is 4.39. The van der Waals surface area contributed by atoms with Crippen molar-refractivity contribution in [3.63, 3.8) is 0 Å². The van der Waals surface area contributed by atoms with E-state index in [9.17, 15) is 79.0 Å². The maximum Gasteiger partial charge on any atom is 0.460 e. The van der Waals surface area contributed by atoms with Gasteiger partial charge in [0.15, 0.2) is 0 Å². The van der Waals surface area contributed by atoms with Gasteiger partial charge >= 0.3 is 47.9 Å². The molecule has 0 aliphatic heterocycles. The molecule has 0 bridgehead atoms. The van der Waals surface area contributed by atoms with Crippen LogP contribution < -0.4 is 0 Å². The van der Waals surface area contributed by atoms with E-state index in [0.717, 1.165) is 0 Å². The number of alkyl halides is 18. The van der Waals surface area contributed by atoms with Crippen molar-refractivity contribution in [2.24, 2.45) is 0 Å². The molecule has 0 unspecified atom stereocenters. The van der Waals surface area contributed by atoms with Crippen LogP contribution >= 0.6 is 0 Å². The molecular weight excluding hydrogens is 534 g/mol. The average Bonchev–Trinajstić information content (AvgIpc) is 2.64. The SMILES string of the molecule is [CH2]Cc1c(C(F)(F)C(F)(F)C(F)(F)C(F)(F)F)cccc1C(F)(F)C(F)(F)C(F)(F)C(F)(F)F. The lowest BCUT2D eigenvalue weighted by molar-refractivity contribution is -0.400. The summed E-state index contributed by atoms with van der Waals surface area (Å²) in [7, 11) is 0. The first-order valence-corrected chi connectivity index (χ1v) is 8.00. The van der Waals surface area contributed by atoms with Crippen LogP contribution in [0.5, 0.6) is 0 Å². The first-order valence-electron chi connectivity index (χ1n) is 8.00. The van der Waals surface area contributed by atoms with Gasteiger partial charge in [0.2, 0.25) is 0 Å². The fourth-order valence-electron chi connectivity index (χ4n) is 2.53. The van der Waals surface area contributed by atoms with E-state index < -0.39 is 83.1 Å². The molecule has 34 heavy (non-hydrogen) atoms. The van der Waals surface area contributed by atoms with Crippen LogP contribution in [-0.2, 0) is 18.3 Å². The molecule has 0 amide bonds. The molecule has 0 aliphatic carbocycles. The van der Waals surface area contributed by atoms with Crippen LogP contribution in [0.25, 0.3) is 0 Å². The highest BCUT2D eigenvalue weighted by molar-refractivity contribution is 5.43. The van der Waals surface area contributed by atoms with Gasteiger partial charge in [-0.25, -0.2) is 0 Å². The lowest BCUT2D eigenvalue weighted by Crippen LogP contribution is -2.60. The minimum atomic E-state index is -7.56. The molecule has 0 atom stereocenters. The predicted octanol–water partition coefficient (Wildman–Crippen LogP) is 7.91. The second kappa shape index (κ2) is 7.99. The highest BCUT2D eigenvalue weighted by Crippen LogP contribution is 2.60. The molecule has 0 N–H and O–H groups in total. The lowest BCUT2D eigenvalue weighted by Gasteiger charge is -2.37. The van der Waals surface area contributed by atoms with Gasteiger partial charge in [-0.2, -0.15) is 79.0 Å². The summed E-state index contributed by atoms with van der Waals surface area (Å²) in [6, 6.07) is -1.42.